The van der Waals surface area contributed by atoms with Crippen LogP contribution < -0.4 is 10.5 Å². The summed E-state index contributed by atoms with van der Waals surface area (Å²) in [6, 6.07) is 19.9. The van der Waals surface area contributed by atoms with Gasteiger partial charge in [-0.2, -0.15) is 5.26 Å². The van der Waals surface area contributed by atoms with Crippen molar-refractivity contribution in [2.45, 2.75) is 24.7 Å². The van der Waals surface area contributed by atoms with Crippen LogP contribution in [0.15, 0.2) is 77.3 Å². The van der Waals surface area contributed by atoms with Crippen molar-refractivity contribution in [2.75, 3.05) is 21.2 Å². The fraction of sp³-hybridized carbons (Fsp3) is 0.280. The lowest BCUT2D eigenvalue weighted by Crippen LogP contribution is -2.46. The van der Waals surface area contributed by atoms with Crippen molar-refractivity contribution in [1.29, 1.82) is 5.26 Å². The van der Waals surface area contributed by atoms with Crippen LogP contribution in [-0.2, 0) is 4.79 Å². The fourth-order valence-electron chi connectivity index (χ4n) is 4.68. The summed E-state index contributed by atoms with van der Waals surface area (Å²) in [6.07, 6.45) is 1.08. The van der Waals surface area contributed by atoms with E-state index in [-0.39, 0.29) is 11.7 Å². The van der Waals surface area contributed by atoms with E-state index in [9.17, 15) is 10.1 Å². The van der Waals surface area contributed by atoms with Gasteiger partial charge in [0, 0.05) is 31.8 Å². The van der Waals surface area contributed by atoms with E-state index in [1.54, 1.807) is 7.11 Å². The molecule has 6 nitrogen and oxygen atoms in total. The highest BCUT2D eigenvalue weighted by atomic mass is 16.5. The van der Waals surface area contributed by atoms with Gasteiger partial charge in [0.15, 0.2) is 5.78 Å². The summed E-state index contributed by atoms with van der Waals surface area (Å²) in [6.45, 7) is 0. The zero-order valence-electron chi connectivity index (χ0n) is 18.0. The lowest BCUT2D eigenvalue weighted by Gasteiger charge is -2.43. The van der Waals surface area contributed by atoms with Crippen molar-refractivity contribution < 1.29 is 9.53 Å². The number of rotatable bonds is 4. The molecule has 0 fully saturated rings. The number of methoxy groups -OCH3 is 1. The first kappa shape index (κ1) is 20.7. The lowest BCUT2D eigenvalue weighted by atomic mass is 9.72. The first-order valence-corrected chi connectivity index (χ1v) is 10.3. The summed E-state index contributed by atoms with van der Waals surface area (Å²) in [7, 11) is 5.34. The molecule has 1 aliphatic carbocycles. The van der Waals surface area contributed by atoms with Crippen LogP contribution in [0.25, 0.3) is 0 Å². The van der Waals surface area contributed by atoms with E-state index in [2.05, 4.69) is 18.2 Å². The number of hydrazine groups is 1. The zero-order chi connectivity index (χ0) is 22.1. The van der Waals surface area contributed by atoms with Crippen LogP contribution in [0.4, 0.5) is 0 Å². The molecule has 2 atom stereocenters. The summed E-state index contributed by atoms with van der Waals surface area (Å²) in [5.74, 6) is 0.652. The Morgan fingerprint density at radius 1 is 1.10 bits per heavy atom. The van der Waals surface area contributed by atoms with E-state index in [1.165, 1.54) is 0 Å². The van der Waals surface area contributed by atoms with Gasteiger partial charge >= 0.3 is 0 Å². The minimum atomic E-state index is -0.504. The second kappa shape index (κ2) is 8.29. The van der Waals surface area contributed by atoms with Crippen LogP contribution >= 0.6 is 0 Å². The molecule has 0 saturated heterocycles. The molecule has 31 heavy (non-hydrogen) atoms. The number of ether oxygens (including phenoxy) is 1. The maximum Gasteiger partial charge on any atom is 0.162 e. The largest absolute Gasteiger partial charge is 0.497 e. The van der Waals surface area contributed by atoms with Gasteiger partial charge in [-0.05, 0) is 35.6 Å². The molecule has 0 bridgehead atoms. The number of allylic oxidation sites excluding steroid dienone is 3. The Balaban J connectivity index is 1.90. The summed E-state index contributed by atoms with van der Waals surface area (Å²) < 4.78 is 5.39. The average Bonchev–Trinajstić information content (AvgIpc) is 2.78. The summed E-state index contributed by atoms with van der Waals surface area (Å²) in [5.41, 5.74) is 10.4. The molecule has 1 aliphatic heterocycles. The number of carbonyl (C=O) groups excluding carboxylic acids is 1. The van der Waals surface area contributed by atoms with E-state index in [1.807, 2.05) is 66.6 Å². The molecule has 4 rings (SSSR count). The smallest absolute Gasteiger partial charge is 0.162 e. The van der Waals surface area contributed by atoms with Crippen molar-refractivity contribution in [2.24, 2.45) is 5.73 Å². The van der Waals surface area contributed by atoms with Crippen molar-refractivity contribution in [3.8, 4) is 11.8 Å². The van der Waals surface area contributed by atoms with Crippen LogP contribution in [0.3, 0.4) is 0 Å². The van der Waals surface area contributed by atoms with E-state index in [0.717, 1.165) is 16.8 Å². The Hall–Kier alpha value is -3.56. The number of nitrogens with two attached hydrogens (primary N) is 1. The lowest BCUT2D eigenvalue weighted by molar-refractivity contribution is -0.117. The normalized spacial score (nSPS) is 21.3. The topological polar surface area (TPSA) is 82.6 Å². The molecule has 6 heteroatoms. The van der Waals surface area contributed by atoms with Crippen molar-refractivity contribution in [1.82, 2.24) is 10.0 Å². The van der Waals surface area contributed by atoms with Crippen LogP contribution in [0, 0.1) is 11.3 Å². The number of hydrogen-bond donors (Lipinski definition) is 1. The van der Waals surface area contributed by atoms with Crippen LogP contribution in [0.5, 0.6) is 5.75 Å². The molecule has 2 N–H and O–H groups in total. The number of hydrogen-bond acceptors (Lipinski definition) is 6. The van der Waals surface area contributed by atoms with Gasteiger partial charge in [0.1, 0.15) is 11.6 Å². The Morgan fingerprint density at radius 3 is 2.45 bits per heavy atom. The first-order valence-electron chi connectivity index (χ1n) is 10.3. The Kier molecular flexibility index (Phi) is 5.53. The van der Waals surface area contributed by atoms with E-state index < -0.39 is 5.92 Å². The molecule has 158 valence electrons. The second-order valence-electron chi connectivity index (χ2n) is 8.08. The van der Waals surface area contributed by atoms with Crippen LogP contribution in [0.1, 0.15) is 35.8 Å². The van der Waals surface area contributed by atoms with E-state index in [0.29, 0.717) is 35.6 Å². The molecule has 2 aromatic carbocycles. The van der Waals surface area contributed by atoms with E-state index in [4.69, 9.17) is 10.5 Å². The van der Waals surface area contributed by atoms with Gasteiger partial charge in [-0.15, -0.1) is 0 Å². The predicted molar refractivity (Wildman–Crippen MR) is 119 cm³/mol. The molecule has 0 aromatic heterocycles. The molecule has 0 spiro atoms. The predicted octanol–water partition coefficient (Wildman–Crippen LogP) is 3.67. The molecule has 0 unspecified atom stereocenters. The molecule has 0 saturated carbocycles. The van der Waals surface area contributed by atoms with Crippen molar-refractivity contribution in [3.05, 3.63) is 88.4 Å². The van der Waals surface area contributed by atoms with Crippen LogP contribution in [0.2, 0.25) is 0 Å². The molecule has 2 aromatic rings. The summed E-state index contributed by atoms with van der Waals surface area (Å²) in [5, 5.41) is 13.7. The average molecular weight is 415 g/mol. The number of carbonyl (C=O) groups is 1. The SMILES string of the molecule is COc1cccc([C@@H]2C(C#N)=C(N)N(N(C)C)C3=C2C(=O)C[C@H](c2ccccc2)C3)c1. The van der Waals surface area contributed by atoms with Gasteiger partial charge in [-0.3, -0.25) is 9.80 Å². The number of ketones is 1. The second-order valence-corrected chi connectivity index (χ2v) is 8.08. The molecule has 0 amide bonds. The monoisotopic (exact) mass is 414 g/mol. The molecule has 1 heterocycles. The first-order chi connectivity index (χ1) is 15.0. The Bertz CT molecular complexity index is 1110. The maximum atomic E-state index is 13.6. The Labute approximate surface area is 182 Å². The number of Topliss-reactive ketones (excluding diaryl/α,β-unsaturated/α-hetero) is 1. The molecule has 0 radical (unpaired) electrons. The summed E-state index contributed by atoms with van der Waals surface area (Å²) >= 11 is 0. The zero-order valence-corrected chi connectivity index (χ0v) is 18.0. The van der Waals surface area contributed by atoms with E-state index >= 15 is 0 Å². The Morgan fingerprint density at radius 2 is 1.81 bits per heavy atom. The van der Waals surface area contributed by atoms with Crippen LogP contribution in [-0.4, -0.2) is 37.0 Å². The van der Waals surface area contributed by atoms with Gasteiger partial charge in [0.05, 0.1) is 24.7 Å². The molecule has 2 aliphatic rings. The third-order valence-corrected chi connectivity index (χ3v) is 6.04. The van der Waals surface area contributed by atoms with Gasteiger partial charge in [-0.1, -0.05) is 42.5 Å². The summed E-state index contributed by atoms with van der Waals surface area (Å²) in [4.78, 5) is 13.6. The van der Waals surface area contributed by atoms with Gasteiger partial charge in [0.2, 0.25) is 0 Å². The van der Waals surface area contributed by atoms with Gasteiger partial charge < -0.3 is 10.5 Å². The molecular formula is C25H26N4O2. The number of nitrogens with zero attached hydrogens (tertiary/aromatic N) is 3. The third-order valence-electron chi connectivity index (χ3n) is 6.04. The number of nitriles is 1. The minimum Gasteiger partial charge on any atom is -0.497 e. The fourth-order valence-corrected chi connectivity index (χ4v) is 4.68. The highest BCUT2D eigenvalue weighted by Gasteiger charge is 2.43. The third kappa shape index (κ3) is 3.58. The van der Waals surface area contributed by atoms with Crippen molar-refractivity contribution in [3.63, 3.8) is 0 Å². The van der Waals surface area contributed by atoms with Crippen molar-refractivity contribution >= 4 is 5.78 Å². The highest BCUT2D eigenvalue weighted by molar-refractivity contribution is 6.00. The number of benzene rings is 2. The maximum absolute atomic E-state index is 13.6. The molecular weight excluding hydrogens is 388 g/mol. The minimum absolute atomic E-state index is 0.0509. The van der Waals surface area contributed by atoms with Gasteiger partial charge in [0.25, 0.3) is 0 Å². The standard InChI is InChI=1S/C25H26N4O2/c1-28(2)29-21-13-18(16-8-5-4-6-9-16)14-22(30)24(21)23(20(15-26)25(29)27)17-10-7-11-19(12-17)31-3/h4-12,18,23H,13-14,27H2,1-3H3/t18-,23-/m1/s1. The highest BCUT2D eigenvalue weighted by Crippen LogP contribution is 2.48. The quantitative estimate of drug-likeness (QED) is 0.822. The van der Waals surface area contributed by atoms with Gasteiger partial charge in [-0.25, -0.2) is 5.01 Å².